The Morgan fingerprint density at radius 1 is 1.50 bits per heavy atom. The van der Waals surface area contributed by atoms with Gasteiger partial charge in [-0.2, -0.15) is 0 Å². The molecule has 4 heteroatoms. The Balaban J connectivity index is 2.29. The summed E-state index contributed by atoms with van der Waals surface area (Å²) in [6.45, 7) is 6.66. The Labute approximate surface area is 96.8 Å². The lowest BCUT2D eigenvalue weighted by molar-refractivity contribution is -0.123. The minimum atomic E-state index is -0.163. The van der Waals surface area contributed by atoms with Gasteiger partial charge < -0.3 is 15.6 Å². The van der Waals surface area contributed by atoms with E-state index in [1.165, 1.54) is 0 Å². The molecular formula is C12H21N3O. The molecule has 3 N–H and O–H groups in total. The summed E-state index contributed by atoms with van der Waals surface area (Å²) >= 11 is 0. The molecule has 0 aliphatic heterocycles. The second-order valence-corrected chi connectivity index (χ2v) is 4.14. The molecule has 1 heterocycles. The van der Waals surface area contributed by atoms with Crippen molar-refractivity contribution < 1.29 is 4.79 Å². The number of carbonyl (C=O) groups is 1. The van der Waals surface area contributed by atoms with Crippen LogP contribution < -0.4 is 10.6 Å². The van der Waals surface area contributed by atoms with Crippen LogP contribution >= 0.6 is 0 Å². The zero-order valence-corrected chi connectivity index (χ0v) is 10.2. The maximum Gasteiger partial charge on any atom is 0.237 e. The lowest BCUT2D eigenvalue weighted by Crippen LogP contribution is -2.44. The van der Waals surface area contributed by atoms with Gasteiger partial charge in [0, 0.05) is 25.0 Å². The molecule has 0 bridgehead atoms. The minimum Gasteiger partial charge on any atom is -0.367 e. The van der Waals surface area contributed by atoms with Gasteiger partial charge in [-0.15, -0.1) is 0 Å². The largest absolute Gasteiger partial charge is 0.367 e. The van der Waals surface area contributed by atoms with Gasteiger partial charge in [-0.25, -0.2) is 0 Å². The van der Waals surface area contributed by atoms with Crippen molar-refractivity contribution in [3.63, 3.8) is 0 Å². The van der Waals surface area contributed by atoms with Gasteiger partial charge in [0.25, 0.3) is 0 Å². The molecule has 0 aliphatic rings. The van der Waals surface area contributed by atoms with Crippen molar-refractivity contribution in [1.29, 1.82) is 0 Å². The smallest absolute Gasteiger partial charge is 0.237 e. The summed E-state index contributed by atoms with van der Waals surface area (Å²) in [6.07, 6.45) is 4.75. The molecule has 2 unspecified atom stereocenters. The first-order valence-electron chi connectivity index (χ1n) is 5.79. The monoisotopic (exact) mass is 223 g/mol. The third-order valence-electron chi connectivity index (χ3n) is 2.67. The predicted octanol–water partition coefficient (Wildman–Crippen LogP) is 1.41. The van der Waals surface area contributed by atoms with Crippen molar-refractivity contribution in [3.05, 3.63) is 24.0 Å². The quantitative estimate of drug-likeness (QED) is 0.683. The maximum atomic E-state index is 11.7. The van der Waals surface area contributed by atoms with Crippen molar-refractivity contribution in [2.24, 2.45) is 0 Å². The van der Waals surface area contributed by atoms with E-state index in [0.717, 1.165) is 12.0 Å². The molecule has 0 saturated carbocycles. The van der Waals surface area contributed by atoms with Crippen LogP contribution in [0, 0.1) is 0 Å². The van der Waals surface area contributed by atoms with Crippen LogP contribution in [0.4, 0.5) is 0 Å². The molecule has 90 valence electrons. The van der Waals surface area contributed by atoms with Gasteiger partial charge in [0.05, 0.1) is 6.04 Å². The topological polar surface area (TPSA) is 56.9 Å². The first-order chi connectivity index (χ1) is 7.63. The van der Waals surface area contributed by atoms with E-state index in [-0.39, 0.29) is 18.0 Å². The summed E-state index contributed by atoms with van der Waals surface area (Å²) in [5.41, 5.74) is 1.16. The molecule has 0 aliphatic carbocycles. The van der Waals surface area contributed by atoms with Gasteiger partial charge in [-0.1, -0.05) is 6.92 Å². The van der Waals surface area contributed by atoms with Gasteiger partial charge >= 0.3 is 0 Å². The number of amides is 1. The summed E-state index contributed by atoms with van der Waals surface area (Å²) in [6, 6.07) is 2.07. The first kappa shape index (κ1) is 12.8. The molecular weight excluding hydrogens is 202 g/mol. The highest BCUT2D eigenvalue weighted by Crippen LogP contribution is 1.97. The molecule has 4 nitrogen and oxygen atoms in total. The molecule has 1 aromatic heterocycles. The van der Waals surface area contributed by atoms with E-state index in [1.54, 1.807) is 0 Å². The van der Waals surface area contributed by atoms with Gasteiger partial charge in [-0.05, 0) is 31.9 Å². The molecule has 0 aromatic carbocycles. The van der Waals surface area contributed by atoms with Gasteiger partial charge in [-0.3, -0.25) is 4.79 Å². The van der Waals surface area contributed by atoms with Gasteiger partial charge in [0.1, 0.15) is 0 Å². The fourth-order valence-corrected chi connectivity index (χ4v) is 1.30. The molecule has 0 radical (unpaired) electrons. The van der Waals surface area contributed by atoms with Crippen molar-refractivity contribution in [2.75, 3.05) is 0 Å². The number of rotatable bonds is 6. The summed E-state index contributed by atoms with van der Waals surface area (Å²) < 4.78 is 0. The number of H-pyrrole nitrogens is 1. The summed E-state index contributed by atoms with van der Waals surface area (Å²) in [4.78, 5) is 14.7. The highest BCUT2D eigenvalue weighted by atomic mass is 16.2. The second-order valence-electron chi connectivity index (χ2n) is 4.14. The Bertz CT molecular complexity index is 308. The van der Waals surface area contributed by atoms with E-state index in [0.29, 0.717) is 6.54 Å². The van der Waals surface area contributed by atoms with Crippen molar-refractivity contribution >= 4 is 5.91 Å². The lowest BCUT2D eigenvalue weighted by atomic mass is 10.2. The number of hydrogen-bond acceptors (Lipinski definition) is 2. The Kier molecular flexibility index (Phi) is 5.05. The van der Waals surface area contributed by atoms with E-state index < -0.39 is 0 Å². The number of aromatic amines is 1. The number of carbonyl (C=O) groups excluding carboxylic acids is 1. The molecule has 1 amide bonds. The van der Waals surface area contributed by atoms with Crippen LogP contribution in [0.5, 0.6) is 0 Å². The standard InChI is InChI=1S/C12H21N3O/c1-4-9(2)15-12(16)10(3)14-8-11-5-6-13-7-11/h5-7,9-10,13-14H,4,8H2,1-3H3,(H,15,16). The third-order valence-corrected chi connectivity index (χ3v) is 2.67. The highest BCUT2D eigenvalue weighted by Gasteiger charge is 2.13. The third kappa shape index (κ3) is 4.06. The average molecular weight is 223 g/mol. The zero-order valence-electron chi connectivity index (χ0n) is 10.2. The minimum absolute atomic E-state index is 0.0601. The molecule has 1 rings (SSSR count). The summed E-state index contributed by atoms with van der Waals surface area (Å²) in [5.74, 6) is 0.0601. The van der Waals surface area contributed by atoms with Crippen LogP contribution in [0.25, 0.3) is 0 Å². The maximum absolute atomic E-state index is 11.7. The molecule has 16 heavy (non-hydrogen) atoms. The van der Waals surface area contributed by atoms with Crippen LogP contribution in [0.3, 0.4) is 0 Å². The van der Waals surface area contributed by atoms with E-state index in [1.807, 2.05) is 32.3 Å². The zero-order chi connectivity index (χ0) is 12.0. The van der Waals surface area contributed by atoms with Crippen molar-refractivity contribution in [2.45, 2.75) is 45.8 Å². The van der Waals surface area contributed by atoms with Gasteiger partial charge in [0.2, 0.25) is 5.91 Å². The number of nitrogens with one attached hydrogen (secondary N) is 3. The van der Waals surface area contributed by atoms with E-state index >= 15 is 0 Å². The highest BCUT2D eigenvalue weighted by molar-refractivity contribution is 5.81. The van der Waals surface area contributed by atoms with E-state index in [9.17, 15) is 4.79 Å². The van der Waals surface area contributed by atoms with E-state index in [2.05, 4.69) is 22.5 Å². The van der Waals surface area contributed by atoms with E-state index in [4.69, 9.17) is 0 Å². The molecule has 0 fully saturated rings. The molecule has 0 saturated heterocycles. The van der Waals surface area contributed by atoms with Crippen LogP contribution in [-0.2, 0) is 11.3 Å². The van der Waals surface area contributed by atoms with Crippen LogP contribution in [0.2, 0.25) is 0 Å². The Hall–Kier alpha value is -1.29. The van der Waals surface area contributed by atoms with Crippen molar-refractivity contribution in [1.82, 2.24) is 15.6 Å². The molecule has 2 atom stereocenters. The number of hydrogen-bond donors (Lipinski definition) is 3. The summed E-state index contributed by atoms with van der Waals surface area (Å²) in [7, 11) is 0. The number of aromatic nitrogens is 1. The summed E-state index contributed by atoms with van der Waals surface area (Å²) in [5, 5.41) is 6.13. The SMILES string of the molecule is CCC(C)NC(=O)C(C)NCc1cc[nH]c1. The second kappa shape index (κ2) is 6.33. The van der Waals surface area contributed by atoms with Crippen molar-refractivity contribution in [3.8, 4) is 0 Å². The first-order valence-corrected chi connectivity index (χ1v) is 5.79. The fraction of sp³-hybridized carbons (Fsp3) is 0.583. The Morgan fingerprint density at radius 3 is 2.81 bits per heavy atom. The van der Waals surface area contributed by atoms with Crippen LogP contribution in [0.15, 0.2) is 18.5 Å². The molecule has 0 spiro atoms. The van der Waals surface area contributed by atoms with Crippen LogP contribution in [-0.4, -0.2) is 23.0 Å². The Morgan fingerprint density at radius 2 is 2.25 bits per heavy atom. The van der Waals surface area contributed by atoms with Crippen LogP contribution in [0.1, 0.15) is 32.8 Å². The molecule has 1 aromatic rings. The predicted molar refractivity (Wildman–Crippen MR) is 65.0 cm³/mol. The lowest BCUT2D eigenvalue weighted by Gasteiger charge is -2.17. The van der Waals surface area contributed by atoms with Gasteiger partial charge in [0.15, 0.2) is 0 Å². The fourth-order valence-electron chi connectivity index (χ4n) is 1.30. The average Bonchev–Trinajstić information content (AvgIpc) is 2.78. The normalized spacial score (nSPS) is 14.4.